The minimum atomic E-state index is 0.178. The standard InChI is InChI=1S/C15H13NO2S/c1-10-12(17)5-3-6-13(10)18-14-7-4-8-15(19-2)11(14)9-16/h3-8,17H,1-2H3. The maximum absolute atomic E-state index is 9.66. The van der Waals surface area contributed by atoms with Crippen molar-refractivity contribution in [2.45, 2.75) is 11.8 Å². The molecule has 2 aromatic carbocycles. The zero-order chi connectivity index (χ0) is 13.8. The lowest BCUT2D eigenvalue weighted by Crippen LogP contribution is -1.92. The largest absolute Gasteiger partial charge is 0.508 e. The summed E-state index contributed by atoms with van der Waals surface area (Å²) in [7, 11) is 0. The average Bonchev–Trinajstić information content (AvgIpc) is 2.43. The number of phenolic OH excluding ortho intramolecular Hbond substituents is 1. The van der Waals surface area contributed by atoms with Gasteiger partial charge in [-0.05, 0) is 37.4 Å². The minimum Gasteiger partial charge on any atom is -0.508 e. The highest BCUT2D eigenvalue weighted by Gasteiger charge is 2.11. The summed E-state index contributed by atoms with van der Waals surface area (Å²) in [5, 5.41) is 18.9. The van der Waals surface area contributed by atoms with Gasteiger partial charge >= 0.3 is 0 Å². The Kier molecular flexibility index (Phi) is 3.98. The van der Waals surface area contributed by atoms with E-state index in [4.69, 9.17) is 4.74 Å². The molecule has 2 aromatic rings. The number of rotatable bonds is 3. The summed E-state index contributed by atoms with van der Waals surface area (Å²) < 4.78 is 5.76. The van der Waals surface area contributed by atoms with Crippen LogP contribution in [0.4, 0.5) is 0 Å². The lowest BCUT2D eigenvalue weighted by molar-refractivity contribution is 0.447. The fraction of sp³-hybridized carbons (Fsp3) is 0.133. The van der Waals surface area contributed by atoms with Crippen LogP contribution >= 0.6 is 11.8 Å². The number of hydrogen-bond acceptors (Lipinski definition) is 4. The first-order chi connectivity index (χ1) is 9.17. The van der Waals surface area contributed by atoms with Crippen LogP contribution in [0.15, 0.2) is 41.3 Å². The van der Waals surface area contributed by atoms with Crippen LogP contribution in [0.3, 0.4) is 0 Å². The van der Waals surface area contributed by atoms with E-state index in [0.717, 1.165) is 4.90 Å². The van der Waals surface area contributed by atoms with E-state index in [0.29, 0.717) is 22.6 Å². The number of phenols is 1. The van der Waals surface area contributed by atoms with Crippen LogP contribution in [0.2, 0.25) is 0 Å². The molecule has 2 rings (SSSR count). The highest BCUT2D eigenvalue weighted by atomic mass is 32.2. The van der Waals surface area contributed by atoms with Crippen LogP contribution in [-0.2, 0) is 0 Å². The number of benzene rings is 2. The van der Waals surface area contributed by atoms with E-state index in [-0.39, 0.29) is 5.75 Å². The van der Waals surface area contributed by atoms with Crippen molar-refractivity contribution in [3.05, 3.63) is 47.5 Å². The normalized spacial score (nSPS) is 9.95. The first kappa shape index (κ1) is 13.3. The van der Waals surface area contributed by atoms with Crippen LogP contribution in [0, 0.1) is 18.3 Å². The first-order valence-corrected chi connectivity index (χ1v) is 6.93. The molecule has 0 spiro atoms. The van der Waals surface area contributed by atoms with E-state index >= 15 is 0 Å². The van der Waals surface area contributed by atoms with Gasteiger partial charge in [0.15, 0.2) is 0 Å². The summed E-state index contributed by atoms with van der Waals surface area (Å²) >= 11 is 1.50. The SMILES string of the molecule is CSc1cccc(Oc2cccc(O)c2C)c1C#N. The maximum Gasteiger partial charge on any atom is 0.146 e. The molecular weight excluding hydrogens is 258 g/mol. The van der Waals surface area contributed by atoms with Crippen molar-refractivity contribution in [3.63, 3.8) is 0 Å². The Bertz CT molecular complexity index is 647. The quantitative estimate of drug-likeness (QED) is 0.854. The highest BCUT2D eigenvalue weighted by Crippen LogP contribution is 2.34. The van der Waals surface area contributed by atoms with Gasteiger partial charge in [0.2, 0.25) is 0 Å². The molecule has 4 heteroatoms. The summed E-state index contributed by atoms with van der Waals surface area (Å²) in [6, 6.07) is 12.7. The van der Waals surface area contributed by atoms with Gasteiger partial charge in [-0.3, -0.25) is 0 Å². The lowest BCUT2D eigenvalue weighted by atomic mass is 10.2. The Morgan fingerprint density at radius 3 is 2.53 bits per heavy atom. The number of hydrogen-bond donors (Lipinski definition) is 1. The van der Waals surface area contributed by atoms with Crippen LogP contribution in [0.1, 0.15) is 11.1 Å². The number of aromatic hydroxyl groups is 1. The zero-order valence-electron chi connectivity index (χ0n) is 10.7. The summed E-state index contributed by atoms with van der Waals surface area (Å²) in [4.78, 5) is 0.873. The molecule has 96 valence electrons. The van der Waals surface area contributed by atoms with Gasteiger partial charge in [-0.1, -0.05) is 12.1 Å². The van der Waals surface area contributed by atoms with Crippen molar-refractivity contribution in [1.29, 1.82) is 5.26 Å². The van der Waals surface area contributed by atoms with Gasteiger partial charge in [-0.15, -0.1) is 11.8 Å². The fourth-order valence-electron chi connectivity index (χ4n) is 1.71. The van der Waals surface area contributed by atoms with Crippen molar-refractivity contribution in [3.8, 4) is 23.3 Å². The van der Waals surface area contributed by atoms with Gasteiger partial charge in [0.25, 0.3) is 0 Å². The predicted octanol–water partition coefficient (Wildman–Crippen LogP) is 4.09. The molecule has 0 saturated heterocycles. The molecule has 0 heterocycles. The van der Waals surface area contributed by atoms with Crippen molar-refractivity contribution in [1.82, 2.24) is 0 Å². The molecule has 19 heavy (non-hydrogen) atoms. The second kappa shape index (κ2) is 5.68. The van der Waals surface area contributed by atoms with E-state index in [1.54, 1.807) is 31.2 Å². The number of thioether (sulfide) groups is 1. The van der Waals surface area contributed by atoms with Gasteiger partial charge in [0, 0.05) is 10.5 Å². The van der Waals surface area contributed by atoms with Gasteiger partial charge in [0.05, 0.1) is 0 Å². The number of nitrogens with zero attached hydrogens (tertiary/aromatic N) is 1. The Morgan fingerprint density at radius 1 is 1.16 bits per heavy atom. The summed E-state index contributed by atoms with van der Waals surface area (Å²) in [6.45, 7) is 1.77. The van der Waals surface area contributed by atoms with Gasteiger partial charge in [-0.2, -0.15) is 5.26 Å². The Labute approximate surface area is 116 Å². The number of nitriles is 1. The second-order valence-corrected chi connectivity index (χ2v) is 4.80. The monoisotopic (exact) mass is 271 g/mol. The molecule has 0 bridgehead atoms. The smallest absolute Gasteiger partial charge is 0.146 e. The third-order valence-electron chi connectivity index (χ3n) is 2.80. The molecule has 0 aliphatic rings. The summed E-state index contributed by atoms with van der Waals surface area (Å²) in [5.41, 5.74) is 1.17. The van der Waals surface area contributed by atoms with E-state index in [9.17, 15) is 10.4 Å². The topological polar surface area (TPSA) is 53.2 Å². The molecule has 1 N–H and O–H groups in total. The average molecular weight is 271 g/mol. The molecule has 0 aliphatic carbocycles. The van der Waals surface area contributed by atoms with Crippen molar-refractivity contribution >= 4 is 11.8 Å². The Balaban J connectivity index is 2.44. The van der Waals surface area contributed by atoms with Crippen LogP contribution < -0.4 is 4.74 Å². The fourth-order valence-corrected chi connectivity index (χ4v) is 2.27. The van der Waals surface area contributed by atoms with Gasteiger partial charge in [-0.25, -0.2) is 0 Å². The number of ether oxygens (including phenoxy) is 1. The highest BCUT2D eigenvalue weighted by molar-refractivity contribution is 7.98. The van der Waals surface area contributed by atoms with Crippen LogP contribution in [-0.4, -0.2) is 11.4 Å². The molecule has 0 fully saturated rings. The van der Waals surface area contributed by atoms with E-state index in [2.05, 4.69) is 6.07 Å². The van der Waals surface area contributed by atoms with Crippen molar-refractivity contribution in [2.24, 2.45) is 0 Å². The van der Waals surface area contributed by atoms with Crippen LogP contribution in [0.25, 0.3) is 0 Å². The summed E-state index contributed by atoms with van der Waals surface area (Å²) in [5.74, 6) is 1.23. The van der Waals surface area contributed by atoms with E-state index in [1.165, 1.54) is 11.8 Å². The van der Waals surface area contributed by atoms with E-state index < -0.39 is 0 Å². The maximum atomic E-state index is 9.66. The second-order valence-electron chi connectivity index (χ2n) is 3.95. The Morgan fingerprint density at radius 2 is 1.84 bits per heavy atom. The third-order valence-corrected chi connectivity index (χ3v) is 3.58. The summed E-state index contributed by atoms with van der Waals surface area (Å²) in [6.07, 6.45) is 1.92. The lowest BCUT2D eigenvalue weighted by Gasteiger charge is -2.12. The van der Waals surface area contributed by atoms with E-state index in [1.807, 2.05) is 18.4 Å². The molecule has 0 aliphatic heterocycles. The molecule has 0 saturated carbocycles. The van der Waals surface area contributed by atoms with Gasteiger partial charge < -0.3 is 9.84 Å². The third kappa shape index (κ3) is 2.67. The molecule has 0 amide bonds. The van der Waals surface area contributed by atoms with Crippen molar-refractivity contribution in [2.75, 3.05) is 6.26 Å². The first-order valence-electron chi connectivity index (χ1n) is 5.71. The minimum absolute atomic E-state index is 0.178. The van der Waals surface area contributed by atoms with Gasteiger partial charge in [0.1, 0.15) is 28.9 Å². The Hall–Kier alpha value is -2.12. The van der Waals surface area contributed by atoms with Crippen LogP contribution in [0.5, 0.6) is 17.2 Å². The molecule has 0 unspecified atom stereocenters. The predicted molar refractivity (Wildman–Crippen MR) is 75.9 cm³/mol. The molecule has 0 aromatic heterocycles. The molecule has 3 nitrogen and oxygen atoms in total. The van der Waals surface area contributed by atoms with Crippen molar-refractivity contribution < 1.29 is 9.84 Å². The molecule has 0 atom stereocenters. The molecule has 0 radical (unpaired) electrons. The molecular formula is C15H13NO2S. The zero-order valence-corrected chi connectivity index (χ0v) is 11.5.